The lowest BCUT2D eigenvalue weighted by Crippen LogP contribution is -2.25. The van der Waals surface area contributed by atoms with Gasteiger partial charge in [-0.25, -0.2) is 9.78 Å². The zero-order valence-electron chi connectivity index (χ0n) is 12.7. The Morgan fingerprint density at radius 1 is 1.35 bits per heavy atom. The number of nitrogens with two attached hydrogens (primary N) is 1. The van der Waals surface area contributed by atoms with Crippen LogP contribution in [0.15, 0.2) is 12.3 Å². The van der Waals surface area contributed by atoms with Crippen LogP contribution in [0.2, 0.25) is 0 Å². The van der Waals surface area contributed by atoms with E-state index in [4.69, 9.17) is 10.5 Å². The zero-order valence-corrected chi connectivity index (χ0v) is 12.7. The van der Waals surface area contributed by atoms with E-state index in [0.717, 1.165) is 19.5 Å². The van der Waals surface area contributed by atoms with Gasteiger partial charge in [0.15, 0.2) is 5.82 Å². The normalized spacial score (nSPS) is 10.7. The summed E-state index contributed by atoms with van der Waals surface area (Å²) in [6.07, 6.45) is 2.58. The van der Waals surface area contributed by atoms with E-state index >= 15 is 0 Å². The highest BCUT2D eigenvalue weighted by molar-refractivity contribution is 5.97. The number of carbonyl (C=O) groups is 1. The molecule has 0 radical (unpaired) electrons. The van der Waals surface area contributed by atoms with Crippen molar-refractivity contribution in [2.24, 2.45) is 0 Å². The van der Waals surface area contributed by atoms with Crippen LogP contribution in [-0.4, -0.2) is 56.7 Å². The van der Waals surface area contributed by atoms with Gasteiger partial charge in [-0.1, -0.05) is 0 Å². The van der Waals surface area contributed by atoms with Crippen molar-refractivity contribution in [1.29, 1.82) is 0 Å². The minimum atomic E-state index is -0.407. The molecule has 0 bridgehead atoms. The summed E-state index contributed by atoms with van der Waals surface area (Å²) < 4.78 is 4.98. The summed E-state index contributed by atoms with van der Waals surface area (Å²) in [5.41, 5.74) is 6.78. The van der Waals surface area contributed by atoms with Crippen molar-refractivity contribution in [3.8, 4) is 0 Å². The van der Waals surface area contributed by atoms with Crippen LogP contribution in [0.1, 0.15) is 23.7 Å². The molecule has 1 aromatic rings. The lowest BCUT2D eigenvalue weighted by molar-refractivity contribution is 0.0527. The Hall–Kier alpha value is -1.82. The number of anilines is 2. The molecule has 0 aliphatic heterocycles. The Kier molecular flexibility index (Phi) is 6.24. The second kappa shape index (κ2) is 7.69. The highest BCUT2D eigenvalue weighted by Crippen LogP contribution is 2.23. The second-order valence-electron chi connectivity index (χ2n) is 4.89. The molecule has 0 saturated carbocycles. The maximum atomic E-state index is 11.8. The molecule has 6 nitrogen and oxygen atoms in total. The second-order valence-corrected chi connectivity index (χ2v) is 4.89. The van der Waals surface area contributed by atoms with E-state index in [9.17, 15) is 4.79 Å². The van der Waals surface area contributed by atoms with E-state index in [2.05, 4.69) is 9.88 Å². The van der Waals surface area contributed by atoms with Crippen molar-refractivity contribution in [2.45, 2.75) is 13.3 Å². The van der Waals surface area contributed by atoms with E-state index in [0.29, 0.717) is 23.7 Å². The maximum Gasteiger partial charge on any atom is 0.340 e. The number of aromatic nitrogens is 1. The number of ether oxygens (including phenoxy) is 1. The molecule has 20 heavy (non-hydrogen) atoms. The van der Waals surface area contributed by atoms with E-state index < -0.39 is 5.97 Å². The molecule has 0 amide bonds. The molecule has 1 aromatic heterocycles. The van der Waals surface area contributed by atoms with Crippen molar-refractivity contribution in [3.05, 3.63) is 17.8 Å². The molecule has 0 spiro atoms. The number of hydrogen-bond donors (Lipinski definition) is 1. The maximum absolute atomic E-state index is 11.8. The van der Waals surface area contributed by atoms with E-state index in [1.807, 2.05) is 26.0 Å². The molecule has 2 N–H and O–H groups in total. The van der Waals surface area contributed by atoms with Crippen LogP contribution in [0.4, 0.5) is 11.5 Å². The lowest BCUT2D eigenvalue weighted by atomic mass is 10.2. The van der Waals surface area contributed by atoms with Gasteiger partial charge < -0.3 is 20.3 Å². The van der Waals surface area contributed by atoms with Crippen LogP contribution in [0.5, 0.6) is 0 Å². The quantitative estimate of drug-likeness (QED) is 0.757. The van der Waals surface area contributed by atoms with Crippen LogP contribution < -0.4 is 10.6 Å². The van der Waals surface area contributed by atoms with Crippen LogP contribution >= 0.6 is 0 Å². The highest BCUT2D eigenvalue weighted by Gasteiger charge is 2.16. The molecule has 0 unspecified atom stereocenters. The van der Waals surface area contributed by atoms with Crippen molar-refractivity contribution in [2.75, 3.05) is 51.5 Å². The first kappa shape index (κ1) is 16.2. The Morgan fingerprint density at radius 2 is 2.05 bits per heavy atom. The smallest absolute Gasteiger partial charge is 0.340 e. The van der Waals surface area contributed by atoms with Gasteiger partial charge >= 0.3 is 5.97 Å². The molecule has 0 aliphatic rings. The van der Waals surface area contributed by atoms with E-state index in [1.54, 1.807) is 19.2 Å². The van der Waals surface area contributed by atoms with Gasteiger partial charge in [0.05, 0.1) is 17.9 Å². The third-order valence-corrected chi connectivity index (χ3v) is 2.92. The zero-order chi connectivity index (χ0) is 15.1. The Bertz CT molecular complexity index is 449. The minimum absolute atomic E-state index is 0.328. The third kappa shape index (κ3) is 4.38. The summed E-state index contributed by atoms with van der Waals surface area (Å²) in [4.78, 5) is 20.1. The molecular formula is C14H24N4O2. The van der Waals surface area contributed by atoms with Gasteiger partial charge in [0.2, 0.25) is 0 Å². The van der Waals surface area contributed by atoms with Gasteiger partial charge in [-0.3, -0.25) is 0 Å². The number of nitrogen functional groups attached to an aromatic ring is 1. The third-order valence-electron chi connectivity index (χ3n) is 2.92. The minimum Gasteiger partial charge on any atom is -0.462 e. The van der Waals surface area contributed by atoms with Gasteiger partial charge in [-0.15, -0.1) is 0 Å². The molecule has 0 aromatic carbocycles. The number of nitrogens with zero attached hydrogens (tertiary/aromatic N) is 3. The van der Waals surface area contributed by atoms with Crippen LogP contribution in [0.25, 0.3) is 0 Å². The molecular weight excluding hydrogens is 256 g/mol. The van der Waals surface area contributed by atoms with Crippen LogP contribution in [0.3, 0.4) is 0 Å². The van der Waals surface area contributed by atoms with Crippen molar-refractivity contribution in [3.63, 3.8) is 0 Å². The lowest BCUT2D eigenvalue weighted by Gasteiger charge is -2.21. The summed E-state index contributed by atoms with van der Waals surface area (Å²) in [7, 11) is 5.99. The molecule has 1 heterocycles. The van der Waals surface area contributed by atoms with E-state index in [1.165, 1.54) is 0 Å². The summed E-state index contributed by atoms with van der Waals surface area (Å²) >= 11 is 0. The Morgan fingerprint density at radius 3 is 2.65 bits per heavy atom. The molecule has 6 heteroatoms. The molecule has 0 fully saturated rings. The van der Waals surface area contributed by atoms with Gasteiger partial charge in [0, 0.05) is 19.8 Å². The first-order valence-electron chi connectivity index (χ1n) is 6.74. The SMILES string of the molecule is CCOC(=O)c1ccnc(N(C)CCCN(C)C)c1N. The Balaban J connectivity index is 2.80. The molecule has 0 atom stereocenters. The first-order valence-corrected chi connectivity index (χ1v) is 6.74. The largest absolute Gasteiger partial charge is 0.462 e. The molecule has 1 rings (SSSR count). The topological polar surface area (TPSA) is 71.7 Å². The van der Waals surface area contributed by atoms with Crippen molar-refractivity contribution < 1.29 is 9.53 Å². The number of pyridine rings is 1. The number of carbonyl (C=O) groups excluding carboxylic acids is 1. The van der Waals surface area contributed by atoms with Gasteiger partial charge in [0.1, 0.15) is 0 Å². The molecule has 0 aliphatic carbocycles. The first-order chi connectivity index (χ1) is 9.47. The van der Waals surface area contributed by atoms with Gasteiger partial charge in [-0.2, -0.15) is 0 Å². The summed E-state index contributed by atoms with van der Waals surface area (Å²) in [6.45, 7) is 3.90. The van der Waals surface area contributed by atoms with Gasteiger partial charge in [0.25, 0.3) is 0 Å². The number of rotatable bonds is 7. The summed E-state index contributed by atoms with van der Waals surface area (Å²) in [5.74, 6) is 0.213. The van der Waals surface area contributed by atoms with Crippen molar-refractivity contribution >= 4 is 17.5 Å². The van der Waals surface area contributed by atoms with Gasteiger partial charge in [-0.05, 0) is 40.1 Å². The average molecular weight is 280 g/mol. The standard InChI is InChI=1S/C14H24N4O2/c1-5-20-14(19)11-7-8-16-13(12(11)15)18(4)10-6-9-17(2)3/h7-8H,5-6,9-10,15H2,1-4H3. The van der Waals surface area contributed by atoms with Crippen LogP contribution in [-0.2, 0) is 4.74 Å². The summed E-state index contributed by atoms with van der Waals surface area (Å²) in [5, 5.41) is 0. The predicted molar refractivity (Wildman–Crippen MR) is 81.0 cm³/mol. The van der Waals surface area contributed by atoms with Crippen LogP contribution in [0, 0.1) is 0 Å². The predicted octanol–water partition coefficient (Wildman–Crippen LogP) is 1.23. The fourth-order valence-corrected chi connectivity index (χ4v) is 1.88. The highest BCUT2D eigenvalue weighted by atomic mass is 16.5. The number of hydrogen-bond acceptors (Lipinski definition) is 6. The van der Waals surface area contributed by atoms with Crippen molar-refractivity contribution in [1.82, 2.24) is 9.88 Å². The Labute approximate surface area is 120 Å². The fourth-order valence-electron chi connectivity index (χ4n) is 1.88. The number of esters is 1. The fraction of sp³-hybridized carbons (Fsp3) is 0.571. The monoisotopic (exact) mass is 280 g/mol. The average Bonchev–Trinajstić information content (AvgIpc) is 2.38. The molecule has 112 valence electrons. The summed E-state index contributed by atoms with van der Waals surface area (Å²) in [6, 6.07) is 1.59. The molecule has 0 saturated heterocycles. The van der Waals surface area contributed by atoms with E-state index in [-0.39, 0.29) is 0 Å².